The number of carbonyl (C=O) groups is 1. The molecule has 0 spiro atoms. The maximum Gasteiger partial charge on any atom is 0.331 e. The van der Waals surface area contributed by atoms with Crippen LogP contribution in [0, 0.1) is 13.8 Å². The molecule has 0 aliphatic rings. The minimum atomic E-state index is -0.701. The van der Waals surface area contributed by atoms with Crippen molar-refractivity contribution >= 4 is 5.97 Å². The molecule has 1 heterocycles. The van der Waals surface area contributed by atoms with Crippen LogP contribution >= 0.6 is 0 Å². The highest BCUT2D eigenvalue weighted by molar-refractivity contribution is 5.74. The van der Waals surface area contributed by atoms with E-state index in [0.717, 1.165) is 16.7 Å². The van der Waals surface area contributed by atoms with Crippen LogP contribution in [-0.2, 0) is 9.53 Å². The first-order valence-corrected chi connectivity index (χ1v) is 7.82. The molecule has 1 aromatic carbocycles. The van der Waals surface area contributed by atoms with Crippen LogP contribution in [0.2, 0.25) is 0 Å². The summed E-state index contributed by atoms with van der Waals surface area (Å²) in [4.78, 5) is 24.2. The Bertz CT molecular complexity index is 765. The fourth-order valence-electron chi connectivity index (χ4n) is 2.57. The molecule has 0 amide bonds. The third-order valence-corrected chi connectivity index (χ3v) is 3.72. The molecule has 2 aromatic rings. The second-order valence-corrected chi connectivity index (χ2v) is 5.50. The molecule has 0 aliphatic heterocycles. The highest BCUT2D eigenvalue weighted by atomic mass is 16.5. The van der Waals surface area contributed by atoms with Gasteiger partial charge in [0.05, 0.1) is 12.3 Å². The summed E-state index contributed by atoms with van der Waals surface area (Å²) in [5, 5.41) is 4.41. The Morgan fingerprint density at radius 2 is 1.96 bits per heavy atom. The van der Waals surface area contributed by atoms with E-state index in [2.05, 4.69) is 11.2 Å². The molecular formula is C18H22N2O3. The van der Waals surface area contributed by atoms with Crippen molar-refractivity contribution in [2.45, 2.75) is 40.2 Å². The molecule has 1 atom stereocenters. The van der Waals surface area contributed by atoms with Gasteiger partial charge in [0.25, 0.3) is 5.56 Å². The summed E-state index contributed by atoms with van der Waals surface area (Å²) >= 11 is 0. The van der Waals surface area contributed by atoms with E-state index in [1.165, 1.54) is 10.7 Å². The third kappa shape index (κ3) is 3.67. The number of hydrogen-bond donors (Lipinski definition) is 0. The first-order chi connectivity index (χ1) is 11.0. The topological polar surface area (TPSA) is 61.2 Å². The minimum absolute atomic E-state index is 0.279. The van der Waals surface area contributed by atoms with E-state index in [1.54, 1.807) is 13.0 Å². The number of aryl methyl sites for hydroxylation is 2. The number of benzene rings is 1. The quantitative estimate of drug-likeness (QED) is 0.796. The van der Waals surface area contributed by atoms with Gasteiger partial charge in [0.15, 0.2) is 6.04 Å². The lowest BCUT2D eigenvalue weighted by Crippen LogP contribution is -2.32. The number of aromatic nitrogens is 2. The van der Waals surface area contributed by atoms with Gasteiger partial charge in [-0.05, 0) is 38.8 Å². The minimum Gasteiger partial charge on any atom is -0.464 e. The molecule has 0 bridgehead atoms. The molecule has 0 saturated carbocycles. The van der Waals surface area contributed by atoms with Crippen LogP contribution in [0.1, 0.15) is 37.4 Å². The summed E-state index contributed by atoms with van der Waals surface area (Å²) in [6.07, 6.45) is 0.447. The Morgan fingerprint density at radius 1 is 1.22 bits per heavy atom. The number of rotatable bonds is 5. The molecule has 2 rings (SSSR count). The third-order valence-electron chi connectivity index (χ3n) is 3.72. The van der Waals surface area contributed by atoms with Gasteiger partial charge in [-0.2, -0.15) is 5.10 Å². The van der Waals surface area contributed by atoms with Crippen molar-refractivity contribution in [3.05, 3.63) is 51.8 Å². The van der Waals surface area contributed by atoms with Gasteiger partial charge in [-0.3, -0.25) is 4.79 Å². The second-order valence-electron chi connectivity index (χ2n) is 5.50. The first-order valence-electron chi connectivity index (χ1n) is 7.82. The normalized spacial score (nSPS) is 12.0. The number of esters is 1. The monoisotopic (exact) mass is 314 g/mol. The summed E-state index contributed by atoms with van der Waals surface area (Å²) in [5.74, 6) is -0.428. The van der Waals surface area contributed by atoms with Crippen LogP contribution in [-0.4, -0.2) is 22.4 Å². The lowest BCUT2D eigenvalue weighted by molar-refractivity contribution is -0.147. The molecule has 23 heavy (non-hydrogen) atoms. The Labute approximate surface area is 135 Å². The summed E-state index contributed by atoms with van der Waals surface area (Å²) in [6, 6.07) is 8.48. The maximum absolute atomic E-state index is 12.1. The van der Waals surface area contributed by atoms with Gasteiger partial charge in [0.1, 0.15) is 0 Å². The highest BCUT2D eigenvalue weighted by Crippen LogP contribution is 2.22. The Hall–Kier alpha value is -2.43. The average Bonchev–Trinajstić information content (AvgIpc) is 2.50. The van der Waals surface area contributed by atoms with Gasteiger partial charge in [-0.25, -0.2) is 9.48 Å². The molecule has 122 valence electrons. The van der Waals surface area contributed by atoms with Gasteiger partial charge in [-0.15, -0.1) is 0 Å². The standard InChI is InChI=1S/C18H22N2O3/c1-5-16(18(22)23-6-2)20-17(21)10-9-15(19-20)14-8-7-12(3)11-13(14)4/h7-11,16H,5-6H2,1-4H3/t16-/m0/s1. The van der Waals surface area contributed by atoms with E-state index in [-0.39, 0.29) is 12.2 Å². The summed E-state index contributed by atoms with van der Waals surface area (Å²) in [6.45, 7) is 7.88. The zero-order valence-electron chi connectivity index (χ0n) is 14.0. The van der Waals surface area contributed by atoms with Crippen molar-refractivity contribution in [2.75, 3.05) is 6.61 Å². The SMILES string of the molecule is CCOC(=O)[C@H](CC)n1nc(-c2ccc(C)cc2C)ccc1=O. The van der Waals surface area contributed by atoms with Crippen molar-refractivity contribution in [3.8, 4) is 11.3 Å². The summed E-state index contributed by atoms with van der Waals surface area (Å²) in [7, 11) is 0. The Morgan fingerprint density at radius 3 is 2.57 bits per heavy atom. The number of carbonyl (C=O) groups excluding carboxylic acids is 1. The second kappa shape index (κ2) is 7.22. The van der Waals surface area contributed by atoms with Crippen LogP contribution in [0.4, 0.5) is 0 Å². The maximum atomic E-state index is 12.1. The molecule has 0 radical (unpaired) electrons. The largest absolute Gasteiger partial charge is 0.464 e. The molecule has 0 unspecified atom stereocenters. The van der Waals surface area contributed by atoms with Crippen molar-refractivity contribution < 1.29 is 9.53 Å². The highest BCUT2D eigenvalue weighted by Gasteiger charge is 2.22. The average molecular weight is 314 g/mol. The van der Waals surface area contributed by atoms with E-state index in [0.29, 0.717) is 12.1 Å². The van der Waals surface area contributed by atoms with Gasteiger partial charge in [0, 0.05) is 11.6 Å². The van der Waals surface area contributed by atoms with Crippen LogP contribution in [0.5, 0.6) is 0 Å². The fraction of sp³-hybridized carbons (Fsp3) is 0.389. The zero-order chi connectivity index (χ0) is 17.0. The molecule has 0 aliphatic carbocycles. The van der Waals surface area contributed by atoms with Crippen molar-refractivity contribution in [1.82, 2.24) is 9.78 Å². The van der Waals surface area contributed by atoms with Crippen molar-refractivity contribution in [3.63, 3.8) is 0 Å². The zero-order valence-corrected chi connectivity index (χ0v) is 14.0. The van der Waals surface area contributed by atoms with Gasteiger partial charge >= 0.3 is 5.97 Å². The fourth-order valence-corrected chi connectivity index (χ4v) is 2.57. The molecule has 5 heteroatoms. The Balaban J connectivity index is 2.50. The predicted molar refractivity (Wildman–Crippen MR) is 89.4 cm³/mol. The molecule has 5 nitrogen and oxygen atoms in total. The number of ether oxygens (including phenoxy) is 1. The smallest absolute Gasteiger partial charge is 0.331 e. The molecule has 0 fully saturated rings. The van der Waals surface area contributed by atoms with E-state index >= 15 is 0 Å². The first kappa shape index (κ1) is 16.9. The van der Waals surface area contributed by atoms with Crippen LogP contribution in [0.15, 0.2) is 35.1 Å². The van der Waals surface area contributed by atoms with Gasteiger partial charge < -0.3 is 4.74 Å². The molecule has 0 saturated heterocycles. The Kier molecular flexibility index (Phi) is 5.32. The lowest BCUT2D eigenvalue weighted by Gasteiger charge is -2.16. The number of hydrogen-bond acceptors (Lipinski definition) is 4. The van der Waals surface area contributed by atoms with Gasteiger partial charge in [0.2, 0.25) is 0 Å². The van der Waals surface area contributed by atoms with Crippen LogP contribution < -0.4 is 5.56 Å². The lowest BCUT2D eigenvalue weighted by atomic mass is 10.0. The summed E-state index contributed by atoms with van der Waals surface area (Å²) in [5.41, 5.74) is 3.55. The molecule has 1 aromatic heterocycles. The molecular weight excluding hydrogens is 292 g/mol. The van der Waals surface area contributed by atoms with E-state index in [9.17, 15) is 9.59 Å². The van der Waals surface area contributed by atoms with E-state index in [4.69, 9.17) is 4.74 Å². The number of nitrogens with zero attached hydrogens (tertiary/aromatic N) is 2. The van der Waals surface area contributed by atoms with E-state index in [1.807, 2.05) is 32.9 Å². The van der Waals surface area contributed by atoms with Gasteiger partial charge in [-0.1, -0.05) is 30.7 Å². The predicted octanol–water partition coefficient (Wildman–Crippen LogP) is 3.04. The van der Waals surface area contributed by atoms with Crippen LogP contribution in [0.25, 0.3) is 11.3 Å². The van der Waals surface area contributed by atoms with Crippen molar-refractivity contribution in [2.24, 2.45) is 0 Å². The van der Waals surface area contributed by atoms with Crippen LogP contribution in [0.3, 0.4) is 0 Å². The van der Waals surface area contributed by atoms with Crippen molar-refractivity contribution in [1.29, 1.82) is 0 Å². The van der Waals surface area contributed by atoms with E-state index < -0.39 is 12.0 Å². The summed E-state index contributed by atoms with van der Waals surface area (Å²) < 4.78 is 6.28. The molecule has 0 N–H and O–H groups in total.